The van der Waals surface area contributed by atoms with Crippen molar-refractivity contribution >= 4 is 21.9 Å². The van der Waals surface area contributed by atoms with Gasteiger partial charge in [0, 0.05) is 33.0 Å². The Balaban J connectivity index is 1.25. The number of nitrogens with zero attached hydrogens (tertiary/aromatic N) is 3. The summed E-state index contributed by atoms with van der Waals surface area (Å²) in [5.41, 5.74) is 7.78. The maximum Gasteiger partial charge on any atom is 0.164 e. The van der Waals surface area contributed by atoms with E-state index in [2.05, 4.69) is 75.4 Å². The summed E-state index contributed by atoms with van der Waals surface area (Å²) in [7, 11) is 0. The van der Waals surface area contributed by atoms with E-state index >= 15 is 0 Å². The van der Waals surface area contributed by atoms with E-state index in [4.69, 9.17) is 19.4 Å². The van der Waals surface area contributed by atoms with Crippen molar-refractivity contribution in [3.63, 3.8) is 0 Å². The van der Waals surface area contributed by atoms with Crippen LogP contribution in [0.5, 0.6) is 0 Å². The fraction of sp³-hybridized carbons (Fsp3) is 0.341. The molecule has 0 saturated heterocycles. The number of hydrogen-bond donors (Lipinski definition) is 0. The van der Waals surface area contributed by atoms with Gasteiger partial charge in [-0.15, -0.1) is 0 Å². The SMILES string of the molecule is CC(C)(C)c1cc(-c2nc(-c3ccccc3)nc(-c3ccccc3)n2)cc2c1oc1ccc(C34CC5CC(CC(C5)C3)C4)cc12. The average molecular weight is 590 g/mol. The van der Waals surface area contributed by atoms with Crippen LogP contribution in [0.15, 0.2) is 95.4 Å². The van der Waals surface area contributed by atoms with Crippen LogP contribution < -0.4 is 0 Å². The topological polar surface area (TPSA) is 51.8 Å². The van der Waals surface area contributed by atoms with Gasteiger partial charge < -0.3 is 4.42 Å². The molecule has 0 amide bonds. The first-order valence-electron chi connectivity index (χ1n) is 16.7. The molecule has 4 aromatic carbocycles. The molecule has 0 aliphatic heterocycles. The molecular weight excluding hydrogens is 550 g/mol. The third-order valence-electron chi connectivity index (χ3n) is 11.0. The minimum atomic E-state index is -0.136. The monoisotopic (exact) mass is 589 g/mol. The number of furan rings is 1. The van der Waals surface area contributed by atoms with Crippen LogP contribution in [-0.4, -0.2) is 15.0 Å². The highest BCUT2D eigenvalue weighted by Crippen LogP contribution is 2.61. The molecule has 4 aliphatic rings. The van der Waals surface area contributed by atoms with E-state index in [9.17, 15) is 0 Å². The second-order valence-corrected chi connectivity index (χ2v) is 15.2. The van der Waals surface area contributed by atoms with Crippen LogP contribution >= 0.6 is 0 Å². The molecule has 4 saturated carbocycles. The van der Waals surface area contributed by atoms with Gasteiger partial charge in [0.1, 0.15) is 11.2 Å². The molecule has 4 aliphatic carbocycles. The summed E-state index contributed by atoms with van der Waals surface area (Å²) in [5.74, 6) is 4.77. The van der Waals surface area contributed by atoms with Gasteiger partial charge in [0.25, 0.3) is 0 Å². The van der Waals surface area contributed by atoms with Crippen molar-refractivity contribution in [2.24, 2.45) is 17.8 Å². The zero-order valence-electron chi connectivity index (χ0n) is 26.4. The minimum absolute atomic E-state index is 0.136. The summed E-state index contributed by atoms with van der Waals surface area (Å²) in [6.45, 7) is 6.79. The zero-order valence-corrected chi connectivity index (χ0v) is 26.4. The highest BCUT2D eigenvalue weighted by molar-refractivity contribution is 6.08. The van der Waals surface area contributed by atoms with Crippen LogP contribution in [0.2, 0.25) is 0 Å². The smallest absolute Gasteiger partial charge is 0.164 e. The Labute approximate surface area is 265 Å². The lowest BCUT2D eigenvalue weighted by Gasteiger charge is -2.57. The maximum atomic E-state index is 6.71. The van der Waals surface area contributed by atoms with Gasteiger partial charge in [-0.3, -0.25) is 0 Å². The average Bonchev–Trinajstić information content (AvgIpc) is 3.42. The van der Waals surface area contributed by atoms with Gasteiger partial charge >= 0.3 is 0 Å². The van der Waals surface area contributed by atoms with Crippen molar-refractivity contribution in [3.8, 4) is 34.2 Å². The molecule has 0 atom stereocenters. The lowest BCUT2D eigenvalue weighted by molar-refractivity contribution is -0.00513. The van der Waals surface area contributed by atoms with Crippen molar-refractivity contribution in [1.82, 2.24) is 15.0 Å². The first-order chi connectivity index (χ1) is 21.8. The highest BCUT2D eigenvalue weighted by Gasteiger charge is 2.51. The number of rotatable bonds is 4. The molecule has 0 unspecified atom stereocenters. The Morgan fingerprint density at radius 3 is 1.67 bits per heavy atom. The summed E-state index contributed by atoms with van der Waals surface area (Å²) >= 11 is 0. The highest BCUT2D eigenvalue weighted by atomic mass is 16.3. The maximum absolute atomic E-state index is 6.71. The van der Waals surface area contributed by atoms with Crippen molar-refractivity contribution in [2.75, 3.05) is 0 Å². The van der Waals surface area contributed by atoms with Crippen LogP contribution in [0.3, 0.4) is 0 Å². The predicted molar refractivity (Wildman–Crippen MR) is 182 cm³/mol. The van der Waals surface area contributed by atoms with Crippen molar-refractivity contribution in [2.45, 2.75) is 70.1 Å². The van der Waals surface area contributed by atoms with Gasteiger partial charge in [-0.05, 0) is 96.9 Å². The van der Waals surface area contributed by atoms with E-state index in [1.165, 1.54) is 55.0 Å². The van der Waals surface area contributed by atoms with E-state index in [-0.39, 0.29) is 5.41 Å². The molecular formula is C41H39N3O. The molecule has 2 heterocycles. The van der Waals surface area contributed by atoms with Gasteiger partial charge in [0.05, 0.1) is 0 Å². The molecule has 0 radical (unpaired) electrons. The second-order valence-electron chi connectivity index (χ2n) is 15.2. The first kappa shape index (κ1) is 27.0. The normalized spacial score (nSPS) is 24.1. The van der Waals surface area contributed by atoms with E-state index in [1.807, 2.05) is 36.4 Å². The molecule has 4 heteroatoms. The fourth-order valence-corrected chi connectivity index (χ4v) is 9.30. The van der Waals surface area contributed by atoms with Crippen molar-refractivity contribution < 1.29 is 4.42 Å². The van der Waals surface area contributed by atoms with Crippen LogP contribution in [0.4, 0.5) is 0 Å². The van der Waals surface area contributed by atoms with Gasteiger partial charge in [0.15, 0.2) is 17.5 Å². The Bertz CT molecular complexity index is 1980. The fourth-order valence-electron chi connectivity index (χ4n) is 9.30. The molecule has 4 fully saturated rings. The van der Waals surface area contributed by atoms with E-state index in [0.717, 1.165) is 51.0 Å². The van der Waals surface area contributed by atoms with Gasteiger partial charge in [-0.1, -0.05) is 87.5 Å². The lowest BCUT2D eigenvalue weighted by atomic mass is 9.48. The molecule has 10 rings (SSSR count). The van der Waals surface area contributed by atoms with Crippen molar-refractivity contribution in [3.05, 3.63) is 102 Å². The molecule has 2 aromatic heterocycles. The molecule has 0 spiro atoms. The second kappa shape index (κ2) is 9.84. The third kappa shape index (κ3) is 4.52. The standard InChI is InChI=1S/C41H39N3O/c1-40(2,3)34-20-30(39-43-37(28-10-6-4-7-11-28)42-38(44-39)29-12-8-5-9-13-29)19-33-32-21-31(14-15-35(32)45-36(33)34)41-22-25-16-26(23-41)18-27(17-25)24-41/h4-15,19-21,25-27H,16-18,22-24H2,1-3H3. The Morgan fingerprint density at radius 2 is 1.13 bits per heavy atom. The predicted octanol–water partition coefficient (Wildman–Crippen LogP) is 10.5. The van der Waals surface area contributed by atoms with Crippen LogP contribution in [0.25, 0.3) is 56.1 Å². The van der Waals surface area contributed by atoms with E-state index in [1.54, 1.807) is 0 Å². The Morgan fingerprint density at radius 1 is 0.600 bits per heavy atom. The van der Waals surface area contributed by atoms with Crippen LogP contribution in [0.1, 0.15) is 70.4 Å². The van der Waals surface area contributed by atoms with Gasteiger partial charge in [-0.2, -0.15) is 0 Å². The van der Waals surface area contributed by atoms with E-state index in [0.29, 0.717) is 22.9 Å². The van der Waals surface area contributed by atoms with Crippen molar-refractivity contribution in [1.29, 1.82) is 0 Å². The Hall–Kier alpha value is -4.31. The lowest BCUT2D eigenvalue weighted by Crippen LogP contribution is -2.48. The number of fused-ring (bicyclic) bond motifs is 3. The molecule has 4 bridgehead atoms. The molecule has 6 aromatic rings. The van der Waals surface area contributed by atoms with Gasteiger partial charge in [-0.25, -0.2) is 15.0 Å². The van der Waals surface area contributed by atoms with Gasteiger partial charge in [0.2, 0.25) is 0 Å². The van der Waals surface area contributed by atoms with E-state index < -0.39 is 0 Å². The quantitative estimate of drug-likeness (QED) is 0.205. The summed E-state index contributed by atoms with van der Waals surface area (Å²) in [4.78, 5) is 15.1. The third-order valence-corrected chi connectivity index (χ3v) is 11.0. The molecule has 4 nitrogen and oxygen atoms in total. The van der Waals surface area contributed by atoms with Crippen LogP contribution in [0, 0.1) is 17.8 Å². The number of hydrogen-bond acceptors (Lipinski definition) is 4. The summed E-state index contributed by atoms with van der Waals surface area (Å²) in [6.07, 6.45) is 8.43. The summed E-state index contributed by atoms with van der Waals surface area (Å²) < 4.78 is 6.71. The minimum Gasteiger partial charge on any atom is -0.456 e. The molecule has 224 valence electrons. The zero-order chi connectivity index (χ0) is 30.3. The Kier molecular flexibility index (Phi) is 5.91. The van der Waals surface area contributed by atoms with Crippen LogP contribution in [-0.2, 0) is 10.8 Å². The largest absolute Gasteiger partial charge is 0.456 e. The number of aromatic nitrogens is 3. The molecule has 45 heavy (non-hydrogen) atoms. The summed E-state index contributed by atoms with van der Waals surface area (Å²) in [5, 5.41) is 2.37. The molecule has 0 N–H and O–H groups in total. The number of benzene rings is 4. The summed E-state index contributed by atoms with van der Waals surface area (Å²) in [6, 6.07) is 32.1. The first-order valence-corrected chi connectivity index (χ1v) is 16.7.